The van der Waals surface area contributed by atoms with Gasteiger partial charge in [-0.25, -0.2) is 0 Å². The zero-order valence-corrected chi connectivity index (χ0v) is 11.5. The van der Waals surface area contributed by atoms with E-state index in [1.165, 1.54) is 0 Å². The molecule has 0 aromatic carbocycles. The number of fused-ring (bicyclic) bond motifs is 2. The van der Waals surface area contributed by atoms with Crippen LogP contribution < -0.4 is 0 Å². The van der Waals surface area contributed by atoms with E-state index in [4.69, 9.17) is 24.1 Å². The Morgan fingerprint density at radius 2 is 1.64 bits per heavy atom. The Hall–Kier alpha value is -0.400. The van der Waals surface area contributed by atoms with E-state index < -0.39 is 68.0 Å². The highest BCUT2D eigenvalue weighted by atomic mass is 16.7. The highest BCUT2D eigenvalue weighted by molar-refractivity contribution is 4.97. The Morgan fingerprint density at radius 1 is 0.909 bits per heavy atom. The molecular weight excluding hydrogens is 304 g/mol. The summed E-state index contributed by atoms with van der Waals surface area (Å²) in [5, 5.41) is 57.8. The Morgan fingerprint density at radius 3 is 2.32 bits per heavy atom. The molecule has 3 rings (SSSR count). The van der Waals surface area contributed by atoms with Crippen molar-refractivity contribution in [3.63, 3.8) is 0 Å². The third kappa shape index (κ3) is 2.65. The first kappa shape index (κ1) is 16.5. The predicted molar refractivity (Wildman–Crippen MR) is 65.3 cm³/mol. The Balaban J connectivity index is 1.70. The van der Waals surface area contributed by atoms with Crippen molar-refractivity contribution in [2.75, 3.05) is 13.2 Å². The molecule has 0 aromatic heterocycles. The highest BCUT2D eigenvalue weighted by Crippen LogP contribution is 2.33. The van der Waals surface area contributed by atoms with Gasteiger partial charge >= 0.3 is 0 Å². The van der Waals surface area contributed by atoms with Gasteiger partial charge in [0.1, 0.15) is 48.8 Å². The zero-order chi connectivity index (χ0) is 16.0. The summed E-state index contributed by atoms with van der Waals surface area (Å²) in [4.78, 5) is 0. The highest BCUT2D eigenvalue weighted by Gasteiger charge is 2.54. The molecule has 0 amide bonds. The number of aliphatic hydroxyl groups excluding tert-OH is 6. The van der Waals surface area contributed by atoms with Gasteiger partial charge in [0.2, 0.25) is 0 Å². The summed E-state index contributed by atoms with van der Waals surface area (Å²) in [6.45, 7) is -0.489. The molecule has 3 fully saturated rings. The van der Waals surface area contributed by atoms with Crippen LogP contribution in [0.15, 0.2) is 0 Å². The fourth-order valence-corrected chi connectivity index (χ4v) is 2.94. The minimum Gasteiger partial charge on any atom is -0.394 e. The van der Waals surface area contributed by atoms with Crippen LogP contribution in [-0.4, -0.2) is 105 Å². The number of aliphatic hydroxyl groups is 6. The molecule has 3 aliphatic heterocycles. The van der Waals surface area contributed by atoms with Crippen molar-refractivity contribution in [1.82, 2.24) is 0 Å². The van der Waals surface area contributed by atoms with Crippen molar-refractivity contribution in [2.45, 2.75) is 61.4 Å². The van der Waals surface area contributed by atoms with Crippen molar-refractivity contribution in [2.24, 2.45) is 0 Å². The van der Waals surface area contributed by atoms with Crippen molar-refractivity contribution in [3.8, 4) is 0 Å². The van der Waals surface area contributed by atoms with Gasteiger partial charge in [0, 0.05) is 0 Å². The molecule has 0 spiro atoms. The summed E-state index contributed by atoms with van der Waals surface area (Å²) < 4.78 is 21.2. The van der Waals surface area contributed by atoms with E-state index in [1.807, 2.05) is 0 Å². The van der Waals surface area contributed by atoms with Crippen LogP contribution in [0.1, 0.15) is 0 Å². The van der Waals surface area contributed by atoms with Crippen LogP contribution >= 0.6 is 0 Å². The van der Waals surface area contributed by atoms with E-state index in [0.717, 1.165) is 0 Å². The molecule has 2 bridgehead atoms. The average molecular weight is 324 g/mol. The molecule has 6 N–H and O–H groups in total. The molecule has 0 aromatic rings. The Kier molecular flexibility index (Phi) is 4.67. The van der Waals surface area contributed by atoms with Crippen LogP contribution in [0.2, 0.25) is 0 Å². The summed E-state index contributed by atoms with van der Waals surface area (Å²) >= 11 is 0. The van der Waals surface area contributed by atoms with Gasteiger partial charge < -0.3 is 49.6 Å². The molecule has 22 heavy (non-hydrogen) atoms. The lowest BCUT2D eigenvalue weighted by Gasteiger charge is -2.43. The van der Waals surface area contributed by atoms with Crippen LogP contribution in [0.3, 0.4) is 0 Å². The van der Waals surface area contributed by atoms with Gasteiger partial charge in [0.05, 0.1) is 13.2 Å². The zero-order valence-electron chi connectivity index (χ0n) is 11.5. The maximum absolute atomic E-state index is 9.93. The maximum atomic E-state index is 9.93. The SMILES string of the molecule is OC[C@@H]1O[C@H](O[C@@H]2[C@H]3OC[C@@H]2OC(O)[C@H]3O)[C@@H](O)[C@H](O)[C@@H]1O. The van der Waals surface area contributed by atoms with Crippen molar-refractivity contribution >= 4 is 0 Å². The summed E-state index contributed by atoms with van der Waals surface area (Å²) in [5.41, 5.74) is 0. The lowest BCUT2D eigenvalue weighted by atomic mass is 9.98. The topological polar surface area (TPSA) is 158 Å². The third-order valence-corrected chi connectivity index (χ3v) is 4.23. The van der Waals surface area contributed by atoms with Crippen LogP contribution in [0.25, 0.3) is 0 Å². The maximum Gasteiger partial charge on any atom is 0.187 e. The molecule has 0 aliphatic carbocycles. The monoisotopic (exact) mass is 324 g/mol. The van der Waals surface area contributed by atoms with Gasteiger partial charge in [-0.1, -0.05) is 0 Å². The standard InChI is InChI=1S/C12H20O10/c13-1-3-5(14)6(15)7(16)12(21-3)22-9-4-2-19-10(9)8(17)11(18)20-4/h3-18H,1-2H2/t3-,4-,5+,6+,7-,8-,9-,10-,11?,12+/m0/s1. The summed E-state index contributed by atoms with van der Waals surface area (Å²) in [6.07, 6.45) is -12.1. The second-order valence-electron chi connectivity index (χ2n) is 5.65. The molecular formula is C12H20O10. The molecule has 3 aliphatic rings. The summed E-state index contributed by atoms with van der Waals surface area (Å²) in [7, 11) is 0. The number of ether oxygens (including phenoxy) is 4. The quantitative estimate of drug-likeness (QED) is 0.299. The first-order valence-electron chi connectivity index (χ1n) is 7.03. The van der Waals surface area contributed by atoms with Gasteiger partial charge in [0.15, 0.2) is 12.6 Å². The minimum atomic E-state index is -1.56. The Bertz CT molecular complexity index is 392. The van der Waals surface area contributed by atoms with E-state index in [0.29, 0.717) is 0 Å². The molecule has 3 heterocycles. The van der Waals surface area contributed by atoms with E-state index in [9.17, 15) is 25.5 Å². The second kappa shape index (κ2) is 6.24. The minimum absolute atomic E-state index is 0.0842. The molecule has 10 atom stereocenters. The van der Waals surface area contributed by atoms with E-state index in [-0.39, 0.29) is 6.61 Å². The Labute approximate surface area is 125 Å². The molecule has 3 saturated heterocycles. The predicted octanol–water partition coefficient (Wildman–Crippen LogP) is -4.35. The number of hydrogen-bond acceptors (Lipinski definition) is 10. The van der Waals surface area contributed by atoms with Gasteiger partial charge in [-0.3, -0.25) is 0 Å². The lowest BCUT2D eigenvalue weighted by Crippen LogP contribution is -2.62. The van der Waals surface area contributed by atoms with Crippen molar-refractivity contribution in [1.29, 1.82) is 0 Å². The van der Waals surface area contributed by atoms with Crippen molar-refractivity contribution < 1.29 is 49.6 Å². The third-order valence-electron chi connectivity index (χ3n) is 4.23. The second-order valence-corrected chi connectivity index (χ2v) is 5.65. The lowest BCUT2D eigenvalue weighted by molar-refractivity contribution is -0.336. The van der Waals surface area contributed by atoms with Crippen LogP contribution in [-0.2, 0) is 18.9 Å². The van der Waals surface area contributed by atoms with Crippen molar-refractivity contribution in [3.05, 3.63) is 0 Å². The molecule has 0 radical (unpaired) electrons. The average Bonchev–Trinajstić information content (AvgIpc) is 2.82. The fraction of sp³-hybridized carbons (Fsp3) is 1.00. The van der Waals surface area contributed by atoms with Crippen LogP contribution in [0.4, 0.5) is 0 Å². The normalized spacial score (nSPS) is 55.4. The molecule has 10 heteroatoms. The first-order valence-corrected chi connectivity index (χ1v) is 7.03. The molecule has 10 nitrogen and oxygen atoms in total. The molecule has 128 valence electrons. The smallest absolute Gasteiger partial charge is 0.187 e. The van der Waals surface area contributed by atoms with E-state index >= 15 is 0 Å². The largest absolute Gasteiger partial charge is 0.394 e. The van der Waals surface area contributed by atoms with Gasteiger partial charge in [-0.2, -0.15) is 0 Å². The number of rotatable bonds is 3. The number of hydrogen-bond donors (Lipinski definition) is 6. The first-order chi connectivity index (χ1) is 10.4. The van der Waals surface area contributed by atoms with Gasteiger partial charge in [-0.15, -0.1) is 0 Å². The summed E-state index contributed by atoms with van der Waals surface area (Å²) in [6, 6.07) is 0. The molecule has 0 saturated carbocycles. The van der Waals surface area contributed by atoms with Gasteiger partial charge in [0.25, 0.3) is 0 Å². The van der Waals surface area contributed by atoms with Gasteiger partial charge in [-0.05, 0) is 0 Å². The van der Waals surface area contributed by atoms with E-state index in [2.05, 4.69) is 0 Å². The van der Waals surface area contributed by atoms with E-state index in [1.54, 1.807) is 0 Å². The van der Waals surface area contributed by atoms with Crippen LogP contribution in [0, 0.1) is 0 Å². The fourth-order valence-electron chi connectivity index (χ4n) is 2.94. The van der Waals surface area contributed by atoms with Crippen LogP contribution in [0.5, 0.6) is 0 Å². The molecule has 1 unspecified atom stereocenters. The summed E-state index contributed by atoms with van der Waals surface area (Å²) in [5.74, 6) is 0.